The standard InChI is InChI=1S/C23H34O2/c1-4-5-11-20(2)12-10-19-25-23(24)14-9-7-6-8-13-22-17-15-21(3)16-18-22/h4-5,11,15-18H,6-10,12-14,19H2,1-3H3/b5-4-,20-11-. The van der Waals surface area contributed by atoms with Crippen LogP contribution in [0.25, 0.3) is 0 Å². The van der Waals surface area contributed by atoms with Crippen molar-refractivity contribution in [1.29, 1.82) is 0 Å². The third-order valence-electron chi connectivity index (χ3n) is 4.27. The van der Waals surface area contributed by atoms with Crippen LogP contribution in [0.3, 0.4) is 0 Å². The predicted octanol–water partition coefficient (Wildman–Crippen LogP) is 6.33. The van der Waals surface area contributed by atoms with Gasteiger partial charge >= 0.3 is 5.97 Å². The molecule has 0 aliphatic heterocycles. The Balaban J connectivity index is 1.97. The highest BCUT2D eigenvalue weighted by molar-refractivity contribution is 5.69. The highest BCUT2D eigenvalue weighted by Gasteiger charge is 2.02. The first-order valence-corrected chi connectivity index (χ1v) is 9.61. The monoisotopic (exact) mass is 342 g/mol. The molecule has 0 fully saturated rings. The number of ether oxygens (including phenoxy) is 1. The van der Waals surface area contributed by atoms with Crippen molar-refractivity contribution in [2.24, 2.45) is 0 Å². The van der Waals surface area contributed by atoms with E-state index in [1.165, 1.54) is 29.5 Å². The molecule has 0 bridgehead atoms. The Bertz CT molecular complexity index is 538. The summed E-state index contributed by atoms with van der Waals surface area (Å²) in [6.07, 6.45) is 14.1. The van der Waals surface area contributed by atoms with Crippen molar-refractivity contribution in [3.63, 3.8) is 0 Å². The number of benzene rings is 1. The molecule has 2 nitrogen and oxygen atoms in total. The number of rotatable bonds is 12. The molecule has 0 heterocycles. The minimum absolute atomic E-state index is 0.0476. The smallest absolute Gasteiger partial charge is 0.305 e. The number of aryl methyl sites for hydroxylation is 2. The molecule has 0 radical (unpaired) electrons. The Hall–Kier alpha value is -1.83. The number of unbranched alkanes of at least 4 members (excludes halogenated alkanes) is 3. The number of carbonyl (C=O) groups excluding carboxylic acids is 1. The molecule has 0 aliphatic carbocycles. The molecule has 0 aromatic heterocycles. The van der Waals surface area contributed by atoms with Crippen LogP contribution in [-0.4, -0.2) is 12.6 Å². The first-order valence-electron chi connectivity index (χ1n) is 9.61. The second-order valence-electron chi connectivity index (χ2n) is 6.76. The summed E-state index contributed by atoms with van der Waals surface area (Å²) in [6, 6.07) is 8.76. The van der Waals surface area contributed by atoms with Gasteiger partial charge in [0.1, 0.15) is 0 Å². The summed E-state index contributed by atoms with van der Waals surface area (Å²) in [6.45, 7) is 6.77. The molecule has 0 saturated carbocycles. The first-order chi connectivity index (χ1) is 12.1. The third kappa shape index (κ3) is 11.4. The van der Waals surface area contributed by atoms with E-state index in [0.717, 1.165) is 32.1 Å². The molecule has 1 rings (SSSR count). The van der Waals surface area contributed by atoms with Crippen LogP contribution in [-0.2, 0) is 16.0 Å². The highest BCUT2D eigenvalue weighted by Crippen LogP contribution is 2.11. The van der Waals surface area contributed by atoms with Gasteiger partial charge in [0.25, 0.3) is 0 Å². The van der Waals surface area contributed by atoms with Crippen LogP contribution in [0, 0.1) is 6.92 Å². The lowest BCUT2D eigenvalue weighted by molar-refractivity contribution is -0.143. The van der Waals surface area contributed by atoms with E-state index in [-0.39, 0.29) is 5.97 Å². The van der Waals surface area contributed by atoms with Gasteiger partial charge in [-0.2, -0.15) is 0 Å². The zero-order valence-electron chi connectivity index (χ0n) is 16.2. The molecule has 0 unspecified atom stereocenters. The minimum Gasteiger partial charge on any atom is -0.466 e. The molecule has 2 heteroatoms. The second-order valence-corrected chi connectivity index (χ2v) is 6.76. The van der Waals surface area contributed by atoms with Crippen LogP contribution in [0.15, 0.2) is 48.1 Å². The summed E-state index contributed by atoms with van der Waals surface area (Å²) in [5.74, 6) is -0.0476. The van der Waals surface area contributed by atoms with Crippen LogP contribution in [0.5, 0.6) is 0 Å². The van der Waals surface area contributed by atoms with Gasteiger partial charge in [-0.25, -0.2) is 0 Å². The fourth-order valence-corrected chi connectivity index (χ4v) is 2.66. The lowest BCUT2D eigenvalue weighted by atomic mass is 10.0. The number of allylic oxidation sites excluding steroid dienone is 4. The maximum Gasteiger partial charge on any atom is 0.305 e. The summed E-state index contributed by atoms with van der Waals surface area (Å²) < 4.78 is 5.30. The molecule has 0 spiro atoms. The molecule has 0 N–H and O–H groups in total. The molecule has 1 aromatic carbocycles. The summed E-state index contributed by atoms with van der Waals surface area (Å²) in [5, 5.41) is 0. The van der Waals surface area contributed by atoms with E-state index in [4.69, 9.17) is 4.74 Å². The average Bonchev–Trinajstić information content (AvgIpc) is 2.61. The molecule has 0 saturated heterocycles. The third-order valence-corrected chi connectivity index (χ3v) is 4.27. The maximum atomic E-state index is 11.7. The Morgan fingerprint density at radius 3 is 2.44 bits per heavy atom. The normalized spacial score (nSPS) is 11.9. The van der Waals surface area contributed by atoms with Gasteiger partial charge in [0.05, 0.1) is 6.61 Å². The molecule has 1 aromatic rings. The van der Waals surface area contributed by atoms with Gasteiger partial charge in [-0.15, -0.1) is 0 Å². The zero-order chi connectivity index (χ0) is 18.3. The van der Waals surface area contributed by atoms with Gasteiger partial charge in [-0.05, 0) is 58.4 Å². The molecular weight excluding hydrogens is 308 g/mol. The fourth-order valence-electron chi connectivity index (χ4n) is 2.66. The van der Waals surface area contributed by atoms with E-state index in [0.29, 0.717) is 13.0 Å². The highest BCUT2D eigenvalue weighted by atomic mass is 16.5. The maximum absolute atomic E-state index is 11.7. The van der Waals surface area contributed by atoms with Crippen molar-refractivity contribution in [2.75, 3.05) is 6.61 Å². The molecule has 0 amide bonds. The fraction of sp³-hybridized carbons (Fsp3) is 0.522. The van der Waals surface area contributed by atoms with Gasteiger partial charge in [-0.1, -0.05) is 66.5 Å². The molecule has 0 atom stereocenters. The molecule has 138 valence electrons. The van der Waals surface area contributed by atoms with Crippen LogP contribution >= 0.6 is 0 Å². The lowest BCUT2D eigenvalue weighted by Gasteiger charge is -2.05. The minimum atomic E-state index is -0.0476. The lowest BCUT2D eigenvalue weighted by Crippen LogP contribution is -2.05. The molecular formula is C23H34O2. The second kappa shape index (κ2) is 13.5. The van der Waals surface area contributed by atoms with Gasteiger partial charge in [0.15, 0.2) is 0 Å². The first kappa shape index (κ1) is 21.2. The summed E-state index contributed by atoms with van der Waals surface area (Å²) in [4.78, 5) is 11.7. The van der Waals surface area contributed by atoms with Gasteiger partial charge < -0.3 is 4.74 Å². The topological polar surface area (TPSA) is 26.3 Å². The van der Waals surface area contributed by atoms with Crippen molar-refractivity contribution in [1.82, 2.24) is 0 Å². The van der Waals surface area contributed by atoms with Gasteiger partial charge in [-0.3, -0.25) is 4.79 Å². The zero-order valence-corrected chi connectivity index (χ0v) is 16.2. The summed E-state index contributed by atoms with van der Waals surface area (Å²) in [5.41, 5.74) is 4.04. The Kier molecular flexibility index (Phi) is 11.4. The Morgan fingerprint density at radius 2 is 1.72 bits per heavy atom. The van der Waals surface area contributed by atoms with Crippen molar-refractivity contribution >= 4 is 5.97 Å². The van der Waals surface area contributed by atoms with Crippen LogP contribution in [0.1, 0.15) is 69.9 Å². The van der Waals surface area contributed by atoms with Crippen LogP contribution < -0.4 is 0 Å². The van der Waals surface area contributed by atoms with E-state index in [1.54, 1.807) is 0 Å². The Morgan fingerprint density at radius 1 is 1.00 bits per heavy atom. The van der Waals surface area contributed by atoms with E-state index >= 15 is 0 Å². The van der Waals surface area contributed by atoms with Crippen molar-refractivity contribution in [3.05, 3.63) is 59.2 Å². The van der Waals surface area contributed by atoms with Gasteiger partial charge in [0, 0.05) is 6.42 Å². The van der Waals surface area contributed by atoms with Crippen molar-refractivity contribution in [3.8, 4) is 0 Å². The number of carbonyl (C=O) groups is 1. The summed E-state index contributed by atoms with van der Waals surface area (Å²) in [7, 11) is 0. The van der Waals surface area contributed by atoms with E-state index in [1.807, 2.05) is 19.1 Å². The largest absolute Gasteiger partial charge is 0.466 e. The van der Waals surface area contributed by atoms with Gasteiger partial charge in [0.2, 0.25) is 0 Å². The number of esters is 1. The van der Waals surface area contributed by atoms with Crippen molar-refractivity contribution < 1.29 is 9.53 Å². The Labute approximate surface area is 154 Å². The number of hydrogen-bond acceptors (Lipinski definition) is 2. The summed E-state index contributed by atoms with van der Waals surface area (Å²) >= 11 is 0. The molecule has 0 aliphatic rings. The average molecular weight is 343 g/mol. The SMILES string of the molecule is C/C=C\C=C(\C)CCCOC(=O)CCCCCCc1ccc(C)cc1. The van der Waals surface area contributed by atoms with E-state index in [2.05, 4.69) is 44.2 Å². The van der Waals surface area contributed by atoms with E-state index < -0.39 is 0 Å². The quantitative estimate of drug-likeness (QED) is 0.252. The number of hydrogen-bond donors (Lipinski definition) is 0. The van der Waals surface area contributed by atoms with E-state index in [9.17, 15) is 4.79 Å². The predicted molar refractivity (Wildman–Crippen MR) is 107 cm³/mol. The van der Waals surface area contributed by atoms with Crippen LogP contribution in [0.4, 0.5) is 0 Å². The van der Waals surface area contributed by atoms with Crippen LogP contribution in [0.2, 0.25) is 0 Å². The molecule has 25 heavy (non-hydrogen) atoms. The van der Waals surface area contributed by atoms with Crippen molar-refractivity contribution in [2.45, 2.75) is 72.1 Å².